The van der Waals surface area contributed by atoms with Gasteiger partial charge in [0.1, 0.15) is 5.75 Å². The van der Waals surface area contributed by atoms with Crippen molar-refractivity contribution in [3.63, 3.8) is 0 Å². The summed E-state index contributed by atoms with van der Waals surface area (Å²) < 4.78 is 5.28. The Morgan fingerprint density at radius 1 is 1.07 bits per heavy atom. The molecule has 0 radical (unpaired) electrons. The van der Waals surface area contributed by atoms with Crippen LogP contribution in [0.1, 0.15) is 36.4 Å². The summed E-state index contributed by atoms with van der Waals surface area (Å²) in [6.07, 6.45) is 4.21. The molecule has 1 heterocycles. The molecule has 0 unspecified atom stereocenters. The zero-order valence-electron chi connectivity index (χ0n) is 16.4. The zero-order chi connectivity index (χ0) is 19.1. The Hall–Kier alpha value is -2.33. The maximum absolute atomic E-state index is 13.0. The molecule has 0 bridgehead atoms. The van der Waals surface area contributed by atoms with Gasteiger partial charge in [-0.2, -0.15) is 0 Å². The Kier molecular flexibility index (Phi) is 6.88. The third kappa shape index (κ3) is 5.33. The fraction of sp³-hybridized carbons (Fsp3) is 0.435. The van der Waals surface area contributed by atoms with Gasteiger partial charge in [0.25, 0.3) is 0 Å². The summed E-state index contributed by atoms with van der Waals surface area (Å²) in [5.74, 6) is 0.921. The van der Waals surface area contributed by atoms with Gasteiger partial charge in [0.15, 0.2) is 0 Å². The van der Waals surface area contributed by atoms with E-state index in [2.05, 4.69) is 29.2 Å². The van der Waals surface area contributed by atoms with Crippen LogP contribution in [-0.4, -0.2) is 49.5 Å². The fourth-order valence-electron chi connectivity index (χ4n) is 3.77. The van der Waals surface area contributed by atoms with E-state index in [1.165, 1.54) is 24.8 Å². The average molecular weight is 367 g/mol. The number of carbonyl (C=O) groups is 1. The lowest BCUT2D eigenvalue weighted by Crippen LogP contribution is -2.41. The summed E-state index contributed by atoms with van der Waals surface area (Å²) in [4.78, 5) is 17.5. The minimum Gasteiger partial charge on any atom is -0.497 e. The Labute approximate surface area is 162 Å². The van der Waals surface area contributed by atoms with Crippen molar-refractivity contribution in [2.45, 2.75) is 31.7 Å². The summed E-state index contributed by atoms with van der Waals surface area (Å²) in [7, 11) is 3.58. The maximum atomic E-state index is 13.0. The molecular formula is C23H30N2O2. The Morgan fingerprint density at radius 3 is 2.52 bits per heavy atom. The van der Waals surface area contributed by atoms with E-state index in [9.17, 15) is 4.79 Å². The fourth-order valence-corrected chi connectivity index (χ4v) is 3.77. The topological polar surface area (TPSA) is 32.8 Å². The second-order valence-corrected chi connectivity index (χ2v) is 7.32. The minimum absolute atomic E-state index is 0.0717. The predicted molar refractivity (Wildman–Crippen MR) is 109 cm³/mol. The van der Waals surface area contributed by atoms with Gasteiger partial charge in [0.05, 0.1) is 19.6 Å². The highest BCUT2D eigenvalue weighted by molar-refractivity contribution is 5.79. The number of nitrogens with zero attached hydrogens (tertiary/aromatic N) is 2. The number of amides is 1. The summed E-state index contributed by atoms with van der Waals surface area (Å²) >= 11 is 0. The smallest absolute Gasteiger partial charge is 0.227 e. The SMILES string of the molecule is COc1cccc(CC(=O)N(C)[C@H](CN2CCCCC2)c2ccccc2)c1. The molecule has 0 saturated carbocycles. The molecule has 144 valence electrons. The van der Waals surface area contributed by atoms with E-state index in [4.69, 9.17) is 4.74 Å². The lowest BCUT2D eigenvalue weighted by Gasteiger charge is -2.35. The van der Waals surface area contributed by atoms with Crippen molar-refractivity contribution in [3.8, 4) is 5.75 Å². The van der Waals surface area contributed by atoms with Crippen molar-refractivity contribution in [1.82, 2.24) is 9.80 Å². The third-order valence-electron chi connectivity index (χ3n) is 5.41. The van der Waals surface area contributed by atoms with Crippen molar-refractivity contribution in [1.29, 1.82) is 0 Å². The second-order valence-electron chi connectivity index (χ2n) is 7.32. The number of piperidine rings is 1. The quantitative estimate of drug-likeness (QED) is 0.744. The van der Waals surface area contributed by atoms with E-state index < -0.39 is 0 Å². The van der Waals surface area contributed by atoms with E-state index in [0.717, 1.165) is 30.9 Å². The van der Waals surface area contributed by atoms with Crippen LogP contribution in [0.5, 0.6) is 5.75 Å². The number of hydrogen-bond acceptors (Lipinski definition) is 3. The molecule has 4 heteroatoms. The predicted octanol–water partition coefficient (Wildman–Crippen LogP) is 3.92. The minimum atomic E-state index is 0.0717. The van der Waals surface area contributed by atoms with E-state index in [1.807, 2.05) is 42.3 Å². The van der Waals surface area contributed by atoms with Gasteiger partial charge in [-0.15, -0.1) is 0 Å². The van der Waals surface area contributed by atoms with E-state index >= 15 is 0 Å². The first-order valence-corrected chi connectivity index (χ1v) is 9.83. The number of hydrogen-bond donors (Lipinski definition) is 0. The van der Waals surface area contributed by atoms with Crippen LogP contribution in [0.25, 0.3) is 0 Å². The molecule has 1 atom stereocenters. The van der Waals surface area contributed by atoms with Crippen molar-refractivity contribution in [2.75, 3.05) is 33.8 Å². The summed E-state index contributed by atoms with van der Waals surface area (Å²) in [5, 5.41) is 0. The highest BCUT2D eigenvalue weighted by Gasteiger charge is 2.25. The zero-order valence-corrected chi connectivity index (χ0v) is 16.4. The first-order chi connectivity index (χ1) is 13.2. The van der Waals surface area contributed by atoms with Crippen LogP contribution >= 0.6 is 0 Å². The Morgan fingerprint density at radius 2 is 1.81 bits per heavy atom. The first kappa shape index (κ1) is 19.4. The number of benzene rings is 2. The van der Waals surface area contributed by atoms with Gasteiger partial charge < -0.3 is 14.5 Å². The van der Waals surface area contributed by atoms with E-state index in [1.54, 1.807) is 7.11 Å². The maximum Gasteiger partial charge on any atom is 0.227 e. The van der Waals surface area contributed by atoms with Gasteiger partial charge in [0, 0.05) is 13.6 Å². The van der Waals surface area contributed by atoms with Gasteiger partial charge in [-0.05, 0) is 49.2 Å². The molecule has 27 heavy (non-hydrogen) atoms. The lowest BCUT2D eigenvalue weighted by molar-refractivity contribution is -0.131. The van der Waals surface area contributed by atoms with E-state index in [-0.39, 0.29) is 11.9 Å². The number of rotatable bonds is 7. The van der Waals surface area contributed by atoms with Crippen LogP contribution in [0.2, 0.25) is 0 Å². The molecule has 3 rings (SSSR count). The van der Waals surface area contributed by atoms with Crippen molar-refractivity contribution in [3.05, 3.63) is 65.7 Å². The van der Waals surface area contributed by atoms with Crippen LogP contribution in [-0.2, 0) is 11.2 Å². The first-order valence-electron chi connectivity index (χ1n) is 9.83. The van der Waals surface area contributed by atoms with Crippen molar-refractivity contribution < 1.29 is 9.53 Å². The van der Waals surface area contributed by atoms with Gasteiger partial charge >= 0.3 is 0 Å². The summed E-state index contributed by atoms with van der Waals surface area (Å²) in [6, 6.07) is 18.2. The number of ether oxygens (including phenoxy) is 1. The molecule has 0 aromatic heterocycles. The van der Waals surface area contributed by atoms with Crippen LogP contribution in [0, 0.1) is 0 Å². The molecule has 1 amide bonds. The number of likely N-dealkylation sites (N-methyl/N-ethyl adjacent to an activating group) is 1. The number of likely N-dealkylation sites (tertiary alicyclic amines) is 1. The van der Waals surface area contributed by atoms with Crippen molar-refractivity contribution in [2.24, 2.45) is 0 Å². The molecule has 2 aromatic rings. The largest absolute Gasteiger partial charge is 0.497 e. The Balaban J connectivity index is 1.74. The highest BCUT2D eigenvalue weighted by atomic mass is 16.5. The van der Waals surface area contributed by atoms with Gasteiger partial charge in [0.2, 0.25) is 5.91 Å². The highest BCUT2D eigenvalue weighted by Crippen LogP contribution is 2.24. The molecule has 0 N–H and O–H groups in total. The second kappa shape index (κ2) is 9.56. The average Bonchev–Trinajstić information content (AvgIpc) is 2.73. The van der Waals surface area contributed by atoms with Gasteiger partial charge in [-0.3, -0.25) is 4.79 Å². The van der Waals surface area contributed by atoms with Crippen molar-refractivity contribution >= 4 is 5.91 Å². The van der Waals surface area contributed by atoms with Gasteiger partial charge in [-0.1, -0.05) is 48.9 Å². The summed E-state index contributed by atoms with van der Waals surface area (Å²) in [5.41, 5.74) is 2.18. The standard InChI is InChI=1S/C23H30N2O2/c1-24(23(26)17-19-10-9-13-21(16-19)27-2)22(20-11-5-3-6-12-20)18-25-14-7-4-8-15-25/h3,5-6,9-13,16,22H,4,7-8,14-15,17-18H2,1-2H3/t22-/m1/s1. The molecular weight excluding hydrogens is 336 g/mol. The van der Waals surface area contributed by atoms with Gasteiger partial charge in [-0.25, -0.2) is 0 Å². The molecule has 1 saturated heterocycles. The normalized spacial score (nSPS) is 15.9. The molecule has 2 aromatic carbocycles. The number of carbonyl (C=O) groups excluding carboxylic acids is 1. The molecule has 0 spiro atoms. The molecule has 1 fully saturated rings. The van der Waals surface area contributed by atoms with Crippen LogP contribution in [0.4, 0.5) is 0 Å². The van der Waals surface area contributed by atoms with Crippen LogP contribution in [0.15, 0.2) is 54.6 Å². The molecule has 1 aliphatic rings. The monoisotopic (exact) mass is 366 g/mol. The number of methoxy groups -OCH3 is 1. The molecule has 1 aliphatic heterocycles. The Bertz CT molecular complexity index is 726. The molecule has 0 aliphatic carbocycles. The van der Waals surface area contributed by atoms with E-state index in [0.29, 0.717) is 6.42 Å². The van der Waals surface area contributed by atoms with Crippen LogP contribution < -0.4 is 4.74 Å². The summed E-state index contributed by atoms with van der Waals surface area (Å²) in [6.45, 7) is 3.15. The third-order valence-corrected chi connectivity index (χ3v) is 5.41. The van der Waals surface area contributed by atoms with Crippen LogP contribution in [0.3, 0.4) is 0 Å². The lowest BCUT2D eigenvalue weighted by atomic mass is 10.0. The molecule has 4 nitrogen and oxygen atoms in total.